The largest absolute Gasteiger partial charge is 0.494 e. The molecular weight excluding hydrogens is 368 g/mol. The Balaban J connectivity index is 1.49. The predicted molar refractivity (Wildman–Crippen MR) is 110 cm³/mol. The molecule has 0 atom stereocenters. The molecule has 0 unspecified atom stereocenters. The lowest BCUT2D eigenvalue weighted by Crippen LogP contribution is -2.20. The molecule has 0 spiro atoms. The Morgan fingerprint density at radius 2 is 2.07 bits per heavy atom. The van der Waals surface area contributed by atoms with Gasteiger partial charge in [0, 0.05) is 37.0 Å². The second-order valence-electron chi connectivity index (χ2n) is 6.46. The summed E-state index contributed by atoms with van der Waals surface area (Å²) in [6.45, 7) is 4.92. The summed E-state index contributed by atoms with van der Waals surface area (Å²) >= 11 is 0. The average molecular weight is 394 g/mol. The zero-order valence-corrected chi connectivity index (χ0v) is 16.6. The molecule has 0 aliphatic rings. The van der Waals surface area contributed by atoms with Crippen LogP contribution < -0.4 is 10.1 Å². The van der Waals surface area contributed by atoms with Crippen molar-refractivity contribution in [3.63, 3.8) is 0 Å². The van der Waals surface area contributed by atoms with Gasteiger partial charge in [0.2, 0.25) is 5.76 Å². The van der Waals surface area contributed by atoms with Gasteiger partial charge in [-0.1, -0.05) is 18.0 Å². The van der Waals surface area contributed by atoms with Gasteiger partial charge in [-0.25, -0.2) is 4.98 Å². The van der Waals surface area contributed by atoms with Crippen LogP contribution in [0.5, 0.6) is 5.75 Å². The SMILES string of the molecule is CCc1nccn1Cc1cc(C#Cc2ccc(OCCCNCCO)cc2)on1. The van der Waals surface area contributed by atoms with Gasteiger partial charge in [-0.2, -0.15) is 0 Å². The molecule has 2 aromatic heterocycles. The standard InChI is InChI=1S/C22H26N4O3/c1-2-22-24-11-13-26(22)17-19-16-21(29-25-19)9-6-18-4-7-20(8-5-18)28-15-3-10-23-12-14-27/h4-5,7-8,11,13,16,23,27H,2-3,10,12,14-15,17H2,1H3. The number of aliphatic hydroxyl groups excluding tert-OH is 1. The highest BCUT2D eigenvalue weighted by molar-refractivity contribution is 5.41. The number of aromatic nitrogens is 3. The van der Waals surface area contributed by atoms with Crippen molar-refractivity contribution in [3.05, 3.63) is 65.6 Å². The van der Waals surface area contributed by atoms with E-state index in [2.05, 4.69) is 38.8 Å². The molecular formula is C22H26N4O3. The second kappa shape index (κ2) is 11.1. The van der Waals surface area contributed by atoms with Gasteiger partial charge >= 0.3 is 0 Å². The Morgan fingerprint density at radius 1 is 1.21 bits per heavy atom. The van der Waals surface area contributed by atoms with Gasteiger partial charge in [0.1, 0.15) is 17.3 Å². The first kappa shape index (κ1) is 20.6. The van der Waals surface area contributed by atoms with Gasteiger partial charge in [0.15, 0.2) is 0 Å². The van der Waals surface area contributed by atoms with Crippen molar-refractivity contribution >= 4 is 0 Å². The lowest BCUT2D eigenvalue weighted by Gasteiger charge is -2.06. The molecule has 3 aromatic rings. The number of benzene rings is 1. The number of aliphatic hydroxyl groups is 1. The van der Waals surface area contributed by atoms with Gasteiger partial charge in [0.05, 0.1) is 19.8 Å². The number of hydrogen-bond donors (Lipinski definition) is 2. The fourth-order valence-electron chi connectivity index (χ4n) is 2.78. The van der Waals surface area contributed by atoms with E-state index in [0.29, 0.717) is 25.5 Å². The van der Waals surface area contributed by atoms with Crippen molar-refractivity contribution in [2.45, 2.75) is 26.3 Å². The third-order valence-corrected chi connectivity index (χ3v) is 4.25. The number of nitrogens with one attached hydrogen (secondary N) is 1. The van der Waals surface area contributed by atoms with Gasteiger partial charge in [0.25, 0.3) is 0 Å². The Labute approximate surface area is 170 Å². The quantitative estimate of drug-likeness (QED) is 0.405. The molecule has 0 aliphatic heterocycles. The first-order chi connectivity index (χ1) is 14.3. The molecule has 0 radical (unpaired) electrons. The van der Waals surface area contributed by atoms with Crippen LogP contribution in [0.25, 0.3) is 0 Å². The number of ether oxygens (including phenoxy) is 1. The first-order valence-corrected chi connectivity index (χ1v) is 9.80. The van der Waals surface area contributed by atoms with Crippen LogP contribution in [0.4, 0.5) is 0 Å². The van der Waals surface area contributed by atoms with Crippen LogP contribution in [0.3, 0.4) is 0 Å². The summed E-state index contributed by atoms with van der Waals surface area (Å²) in [6, 6.07) is 9.50. The molecule has 0 bridgehead atoms. The molecule has 0 saturated heterocycles. The monoisotopic (exact) mass is 394 g/mol. The molecule has 0 amide bonds. The zero-order valence-electron chi connectivity index (χ0n) is 16.6. The summed E-state index contributed by atoms with van der Waals surface area (Å²) in [6.07, 6.45) is 5.49. The summed E-state index contributed by atoms with van der Waals surface area (Å²) in [5.74, 6) is 8.45. The maximum atomic E-state index is 8.70. The Hall–Kier alpha value is -3.08. The highest BCUT2D eigenvalue weighted by Gasteiger charge is 2.06. The summed E-state index contributed by atoms with van der Waals surface area (Å²) in [5.41, 5.74) is 1.70. The maximum absolute atomic E-state index is 8.70. The topological polar surface area (TPSA) is 85.3 Å². The van der Waals surface area contributed by atoms with Crippen LogP contribution in [-0.2, 0) is 13.0 Å². The molecule has 1 aromatic carbocycles. The van der Waals surface area contributed by atoms with E-state index in [4.69, 9.17) is 14.4 Å². The minimum Gasteiger partial charge on any atom is -0.494 e. The highest BCUT2D eigenvalue weighted by atomic mass is 16.5. The smallest absolute Gasteiger partial charge is 0.210 e. The molecule has 0 fully saturated rings. The number of aryl methyl sites for hydroxylation is 1. The fraction of sp³-hybridized carbons (Fsp3) is 0.364. The zero-order chi connectivity index (χ0) is 20.3. The normalized spacial score (nSPS) is 10.6. The fourth-order valence-corrected chi connectivity index (χ4v) is 2.78. The summed E-state index contributed by atoms with van der Waals surface area (Å²) < 4.78 is 13.1. The van der Waals surface area contributed by atoms with Crippen molar-refractivity contribution in [1.29, 1.82) is 0 Å². The number of imidazole rings is 1. The van der Waals surface area contributed by atoms with Crippen molar-refractivity contribution in [3.8, 4) is 17.6 Å². The van der Waals surface area contributed by atoms with Crippen LogP contribution in [0.1, 0.15) is 36.2 Å². The van der Waals surface area contributed by atoms with E-state index in [1.54, 1.807) is 6.20 Å². The maximum Gasteiger partial charge on any atom is 0.210 e. The highest BCUT2D eigenvalue weighted by Crippen LogP contribution is 2.12. The molecule has 3 rings (SSSR count). The molecule has 0 saturated carbocycles. The van der Waals surface area contributed by atoms with Crippen LogP contribution in [0, 0.1) is 11.8 Å². The predicted octanol–water partition coefficient (Wildman–Crippen LogP) is 2.23. The summed E-state index contributed by atoms with van der Waals surface area (Å²) in [4.78, 5) is 4.31. The number of rotatable bonds is 10. The Kier molecular flexibility index (Phi) is 7.87. The van der Waals surface area contributed by atoms with Gasteiger partial charge in [-0.15, -0.1) is 0 Å². The summed E-state index contributed by atoms with van der Waals surface area (Å²) in [7, 11) is 0. The Morgan fingerprint density at radius 3 is 2.86 bits per heavy atom. The van der Waals surface area contributed by atoms with E-state index < -0.39 is 0 Å². The number of hydrogen-bond acceptors (Lipinski definition) is 6. The van der Waals surface area contributed by atoms with Crippen molar-refractivity contribution in [2.75, 3.05) is 26.3 Å². The van der Waals surface area contributed by atoms with E-state index >= 15 is 0 Å². The average Bonchev–Trinajstić information content (AvgIpc) is 3.39. The first-order valence-electron chi connectivity index (χ1n) is 9.80. The minimum atomic E-state index is 0.156. The van der Waals surface area contributed by atoms with E-state index in [0.717, 1.165) is 42.2 Å². The molecule has 29 heavy (non-hydrogen) atoms. The Bertz CT molecular complexity index is 935. The van der Waals surface area contributed by atoms with E-state index in [1.807, 2.05) is 36.5 Å². The lowest BCUT2D eigenvalue weighted by molar-refractivity contribution is 0.282. The third-order valence-electron chi connectivity index (χ3n) is 4.25. The van der Waals surface area contributed by atoms with Crippen LogP contribution in [-0.4, -0.2) is 46.1 Å². The van der Waals surface area contributed by atoms with E-state index in [1.165, 1.54) is 0 Å². The van der Waals surface area contributed by atoms with Crippen LogP contribution in [0.2, 0.25) is 0 Å². The lowest BCUT2D eigenvalue weighted by atomic mass is 10.2. The molecule has 7 heteroatoms. The molecule has 2 N–H and O–H groups in total. The molecule has 152 valence electrons. The number of nitrogens with zero attached hydrogens (tertiary/aromatic N) is 3. The van der Waals surface area contributed by atoms with Gasteiger partial charge in [-0.05, 0) is 43.2 Å². The van der Waals surface area contributed by atoms with Crippen molar-refractivity contribution < 1.29 is 14.4 Å². The van der Waals surface area contributed by atoms with Crippen molar-refractivity contribution in [1.82, 2.24) is 20.0 Å². The van der Waals surface area contributed by atoms with Gasteiger partial charge in [-0.3, -0.25) is 0 Å². The van der Waals surface area contributed by atoms with E-state index in [9.17, 15) is 0 Å². The van der Waals surface area contributed by atoms with Crippen molar-refractivity contribution in [2.24, 2.45) is 0 Å². The third kappa shape index (κ3) is 6.49. The minimum absolute atomic E-state index is 0.156. The molecule has 7 nitrogen and oxygen atoms in total. The van der Waals surface area contributed by atoms with Crippen LogP contribution in [0.15, 0.2) is 47.2 Å². The summed E-state index contributed by atoms with van der Waals surface area (Å²) in [5, 5.41) is 15.9. The molecule has 2 heterocycles. The second-order valence-corrected chi connectivity index (χ2v) is 6.46. The van der Waals surface area contributed by atoms with Crippen LogP contribution >= 0.6 is 0 Å². The van der Waals surface area contributed by atoms with E-state index in [-0.39, 0.29) is 6.61 Å². The van der Waals surface area contributed by atoms with Gasteiger partial charge < -0.3 is 24.3 Å². The molecule has 0 aliphatic carbocycles.